The van der Waals surface area contributed by atoms with Crippen LogP contribution in [0.25, 0.3) is 21.8 Å². The number of hydrogen-bond donors (Lipinski definition) is 2. The van der Waals surface area contributed by atoms with E-state index in [2.05, 4.69) is 23.0 Å². The van der Waals surface area contributed by atoms with Gasteiger partial charge in [0.1, 0.15) is 17.3 Å². The zero-order valence-corrected chi connectivity index (χ0v) is 13.7. The molecule has 4 nitrogen and oxygen atoms in total. The second kappa shape index (κ2) is 5.59. The fourth-order valence-corrected chi connectivity index (χ4v) is 3.50. The number of thiophene rings is 1. The molecule has 0 aliphatic carbocycles. The maximum absolute atomic E-state index is 9.58. The van der Waals surface area contributed by atoms with Gasteiger partial charge in [-0.3, -0.25) is 4.98 Å². The van der Waals surface area contributed by atoms with Crippen molar-refractivity contribution < 1.29 is 5.11 Å². The lowest BCUT2D eigenvalue weighted by Gasteiger charge is -2.09. The van der Waals surface area contributed by atoms with Gasteiger partial charge in [-0.25, -0.2) is 4.98 Å². The topological polar surface area (TPSA) is 72.0 Å². The molecular weight excluding hydrogens is 318 g/mol. The van der Waals surface area contributed by atoms with Gasteiger partial charge in [-0.2, -0.15) is 0 Å². The fraction of sp³-hybridized carbons (Fsp3) is 0.125. The molecule has 3 aromatic rings. The standard InChI is InChI=1S/C16H14ClN3OS/c1-8-5-9(2)22-16(8)15-14(19-7-13(18)20-15)10-3-4-12(21)11(17)6-10/h3-7,21H,1-2H3,(H2,18,20). The summed E-state index contributed by atoms with van der Waals surface area (Å²) in [5.41, 5.74) is 9.17. The Bertz CT molecular complexity index is 861. The predicted molar refractivity (Wildman–Crippen MR) is 91.3 cm³/mol. The van der Waals surface area contributed by atoms with Gasteiger partial charge < -0.3 is 10.8 Å². The number of benzene rings is 1. The number of anilines is 1. The lowest BCUT2D eigenvalue weighted by atomic mass is 10.1. The van der Waals surface area contributed by atoms with Crippen LogP contribution < -0.4 is 5.73 Å². The van der Waals surface area contributed by atoms with E-state index in [1.165, 1.54) is 11.1 Å². The van der Waals surface area contributed by atoms with Crippen molar-refractivity contribution in [3.8, 4) is 27.6 Å². The summed E-state index contributed by atoms with van der Waals surface area (Å²) in [6, 6.07) is 7.10. The summed E-state index contributed by atoms with van der Waals surface area (Å²) in [6.07, 6.45) is 1.52. The number of hydrogen-bond acceptors (Lipinski definition) is 5. The van der Waals surface area contributed by atoms with E-state index in [9.17, 15) is 5.11 Å². The number of aromatic hydroxyl groups is 1. The maximum Gasteiger partial charge on any atom is 0.142 e. The number of aromatic nitrogens is 2. The summed E-state index contributed by atoms with van der Waals surface area (Å²) in [6.45, 7) is 4.09. The highest BCUT2D eigenvalue weighted by molar-refractivity contribution is 7.15. The Morgan fingerprint density at radius 3 is 2.59 bits per heavy atom. The van der Waals surface area contributed by atoms with Crippen LogP contribution in [0, 0.1) is 13.8 Å². The summed E-state index contributed by atoms with van der Waals surface area (Å²) < 4.78 is 0. The van der Waals surface area contributed by atoms with Crippen LogP contribution in [0.15, 0.2) is 30.5 Å². The molecule has 0 aliphatic heterocycles. The maximum atomic E-state index is 9.58. The van der Waals surface area contributed by atoms with Crippen LogP contribution in [0.3, 0.4) is 0 Å². The van der Waals surface area contributed by atoms with Crippen molar-refractivity contribution >= 4 is 28.8 Å². The van der Waals surface area contributed by atoms with Crippen LogP contribution in [0.2, 0.25) is 5.02 Å². The van der Waals surface area contributed by atoms with Gasteiger partial charge >= 0.3 is 0 Å². The Morgan fingerprint density at radius 2 is 1.95 bits per heavy atom. The van der Waals surface area contributed by atoms with Gasteiger partial charge in [-0.1, -0.05) is 11.6 Å². The molecule has 0 aliphatic rings. The van der Waals surface area contributed by atoms with E-state index in [1.54, 1.807) is 29.5 Å². The first-order valence-corrected chi connectivity index (χ1v) is 7.84. The van der Waals surface area contributed by atoms with Crippen molar-refractivity contribution in [3.63, 3.8) is 0 Å². The van der Waals surface area contributed by atoms with Gasteiger partial charge in [-0.05, 0) is 43.7 Å². The minimum absolute atomic E-state index is 0.0403. The molecule has 1 aromatic carbocycles. The predicted octanol–water partition coefficient (Wildman–Crippen LogP) is 4.43. The Morgan fingerprint density at radius 1 is 1.18 bits per heavy atom. The number of rotatable bonds is 2. The smallest absolute Gasteiger partial charge is 0.142 e. The molecule has 0 spiro atoms. The number of aryl methyl sites for hydroxylation is 2. The highest BCUT2D eigenvalue weighted by Gasteiger charge is 2.16. The normalized spacial score (nSPS) is 10.9. The van der Waals surface area contributed by atoms with Crippen LogP contribution in [-0.2, 0) is 0 Å². The molecule has 0 bridgehead atoms. The van der Waals surface area contributed by atoms with Crippen LogP contribution in [0.4, 0.5) is 5.82 Å². The molecule has 6 heteroatoms. The molecule has 0 saturated carbocycles. The molecule has 0 atom stereocenters. The molecule has 0 radical (unpaired) electrons. The highest BCUT2D eigenvalue weighted by atomic mass is 35.5. The summed E-state index contributed by atoms with van der Waals surface area (Å²) in [7, 11) is 0. The molecule has 3 rings (SSSR count). The largest absolute Gasteiger partial charge is 0.506 e. The van der Waals surface area contributed by atoms with Crippen molar-refractivity contribution in [2.75, 3.05) is 5.73 Å². The van der Waals surface area contributed by atoms with Crippen LogP contribution in [0.5, 0.6) is 5.75 Å². The van der Waals surface area contributed by atoms with Gasteiger partial charge in [-0.15, -0.1) is 11.3 Å². The Balaban J connectivity index is 2.24. The van der Waals surface area contributed by atoms with E-state index in [1.807, 2.05) is 6.92 Å². The van der Waals surface area contributed by atoms with Crippen molar-refractivity contribution in [1.29, 1.82) is 0 Å². The summed E-state index contributed by atoms with van der Waals surface area (Å²) in [4.78, 5) is 11.1. The molecule has 2 aromatic heterocycles. The molecule has 0 unspecified atom stereocenters. The first-order valence-electron chi connectivity index (χ1n) is 6.64. The summed E-state index contributed by atoms with van der Waals surface area (Å²) >= 11 is 7.66. The average Bonchev–Trinajstić information content (AvgIpc) is 2.81. The second-order valence-corrected chi connectivity index (χ2v) is 6.69. The van der Waals surface area contributed by atoms with E-state index in [0.717, 1.165) is 21.7 Å². The molecule has 0 saturated heterocycles. The number of nitrogen functional groups attached to an aromatic ring is 1. The zero-order valence-electron chi connectivity index (χ0n) is 12.1. The minimum atomic E-state index is 0.0403. The van der Waals surface area contributed by atoms with E-state index >= 15 is 0 Å². The Kier molecular flexibility index (Phi) is 3.76. The average molecular weight is 332 g/mol. The van der Waals surface area contributed by atoms with Crippen LogP contribution in [-0.4, -0.2) is 15.1 Å². The molecule has 0 fully saturated rings. The van der Waals surface area contributed by atoms with E-state index in [-0.39, 0.29) is 10.8 Å². The summed E-state index contributed by atoms with van der Waals surface area (Å²) in [5.74, 6) is 0.410. The number of nitrogens with zero attached hydrogens (tertiary/aromatic N) is 2. The highest BCUT2D eigenvalue weighted by Crippen LogP contribution is 2.38. The molecule has 0 amide bonds. The quantitative estimate of drug-likeness (QED) is 0.728. The number of nitrogens with two attached hydrogens (primary N) is 1. The summed E-state index contributed by atoms with van der Waals surface area (Å²) in [5, 5.41) is 9.86. The van der Waals surface area contributed by atoms with Crippen molar-refractivity contribution in [3.05, 3.63) is 45.9 Å². The monoisotopic (exact) mass is 331 g/mol. The molecule has 22 heavy (non-hydrogen) atoms. The number of halogens is 1. The Hall–Kier alpha value is -2.11. The molecule has 2 heterocycles. The van der Waals surface area contributed by atoms with Crippen molar-refractivity contribution in [1.82, 2.24) is 9.97 Å². The molecular formula is C16H14ClN3OS. The minimum Gasteiger partial charge on any atom is -0.506 e. The van der Waals surface area contributed by atoms with E-state index in [0.29, 0.717) is 11.5 Å². The third-order valence-electron chi connectivity index (χ3n) is 3.27. The van der Waals surface area contributed by atoms with E-state index in [4.69, 9.17) is 17.3 Å². The zero-order chi connectivity index (χ0) is 15.9. The first kappa shape index (κ1) is 14.8. The van der Waals surface area contributed by atoms with E-state index < -0.39 is 0 Å². The number of phenols is 1. The van der Waals surface area contributed by atoms with Crippen molar-refractivity contribution in [2.24, 2.45) is 0 Å². The van der Waals surface area contributed by atoms with Crippen molar-refractivity contribution in [2.45, 2.75) is 13.8 Å². The first-order chi connectivity index (χ1) is 10.5. The van der Waals surface area contributed by atoms with Crippen LogP contribution in [0.1, 0.15) is 10.4 Å². The van der Waals surface area contributed by atoms with Gasteiger partial charge in [0.05, 0.1) is 21.8 Å². The lowest BCUT2D eigenvalue weighted by Crippen LogP contribution is -1.98. The lowest BCUT2D eigenvalue weighted by molar-refractivity contribution is 0.475. The third-order valence-corrected chi connectivity index (χ3v) is 4.73. The SMILES string of the molecule is Cc1cc(C)c(-c2nc(N)cnc2-c2ccc(O)c(Cl)c2)s1. The van der Waals surface area contributed by atoms with Crippen LogP contribution >= 0.6 is 22.9 Å². The second-order valence-electron chi connectivity index (χ2n) is 5.03. The number of phenolic OH excluding ortho intramolecular Hbond substituents is 1. The Labute approximate surface area is 137 Å². The third kappa shape index (κ3) is 2.65. The van der Waals surface area contributed by atoms with Gasteiger partial charge in [0.15, 0.2) is 0 Å². The van der Waals surface area contributed by atoms with Gasteiger partial charge in [0.25, 0.3) is 0 Å². The van der Waals surface area contributed by atoms with Gasteiger partial charge in [0, 0.05) is 10.4 Å². The fourth-order valence-electron chi connectivity index (χ4n) is 2.30. The van der Waals surface area contributed by atoms with Gasteiger partial charge in [0.2, 0.25) is 0 Å². The molecule has 3 N–H and O–H groups in total. The molecule has 112 valence electrons.